The predicted molar refractivity (Wildman–Crippen MR) is 65.5 cm³/mol. The second-order valence-electron chi connectivity index (χ2n) is 7.10. The third-order valence-electron chi connectivity index (χ3n) is 6.55. The van der Waals surface area contributed by atoms with Crippen LogP contribution in [0.1, 0.15) is 51.4 Å². The van der Waals surface area contributed by atoms with E-state index in [9.17, 15) is 0 Å². The molecule has 0 aromatic heterocycles. The van der Waals surface area contributed by atoms with Gasteiger partial charge in [-0.25, -0.2) is 0 Å². The zero-order valence-electron chi connectivity index (χ0n) is 9.88. The molecule has 1 heteroatoms. The minimum Gasteiger partial charge on any atom is -0.0708 e. The van der Waals surface area contributed by atoms with Crippen LogP contribution in [0.2, 0.25) is 18.0 Å². The molecule has 82 valence electrons. The Bertz CT molecular complexity index is 235. The molecular formula is C14H23B. The van der Waals surface area contributed by atoms with Gasteiger partial charge in [0, 0.05) is 0 Å². The van der Waals surface area contributed by atoms with E-state index in [-0.39, 0.29) is 0 Å². The zero-order chi connectivity index (χ0) is 9.88. The fraction of sp³-hybridized carbons (Fsp3) is 1.00. The van der Waals surface area contributed by atoms with Gasteiger partial charge in [-0.3, -0.25) is 0 Å². The highest BCUT2D eigenvalue weighted by molar-refractivity contribution is 6.63. The van der Waals surface area contributed by atoms with Crippen molar-refractivity contribution in [2.24, 2.45) is 17.8 Å². The Morgan fingerprint density at radius 1 is 0.800 bits per heavy atom. The zero-order valence-corrected chi connectivity index (χ0v) is 9.88. The molecule has 5 aliphatic rings. The molecule has 0 aromatic carbocycles. The molecule has 3 saturated heterocycles. The fourth-order valence-corrected chi connectivity index (χ4v) is 6.15. The summed E-state index contributed by atoms with van der Waals surface area (Å²) in [6, 6.07) is 0. The molecule has 3 aliphatic heterocycles. The summed E-state index contributed by atoms with van der Waals surface area (Å²) >= 11 is 0. The Hall–Kier alpha value is 0.0649. The first-order valence-corrected chi connectivity index (χ1v) is 7.37. The van der Waals surface area contributed by atoms with Gasteiger partial charge in [-0.2, -0.15) is 0 Å². The van der Waals surface area contributed by atoms with Crippen LogP contribution in [-0.2, 0) is 0 Å². The highest BCUT2D eigenvalue weighted by atomic mass is 14.5. The van der Waals surface area contributed by atoms with Crippen LogP contribution in [0.4, 0.5) is 0 Å². The van der Waals surface area contributed by atoms with Crippen LogP contribution in [0.5, 0.6) is 0 Å². The van der Waals surface area contributed by atoms with Crippen molar-refractivity contribution < 1.29 is 0 Å². The maximum atomic E-state index is 1.63. The molecule has 3 atom stereocenters. The van der Waals surface area contributed by atoms with Gasteiger partial charge in [0.15, 0.2) is 0 Å². The van der Waals surface area contributed by atoms with Crippen molar-refractivity contribution in [2.75, 3.05) is 0 Å². The van der Waals surface area contributed by atoms with Crippen LogP contribution in [0, 0.1) is 17.8 Å². The van der Waals surface area contributed by atoms with Crippen LogP contribution in [-0.4, -0.2) is 6.71 Å². The Kier molecular flexibility index (Phi) is 1.86. The minimum absolute atomic E-state index is 0.881. The molecule has 1 spiro atoms. The van der Waals surface area contributed by atoms with Gasteiger partial charge >= 0.3 is 0 Å². The largest absolute Gasteiger partial charge is 0.147 e. The molecule has 3 heterocycles. The van der Waals surface area contributed by atoms with Gasteiger partial charge in [0.05, 0.1) is 0 Å². The van der Waals surface area contributed by atoms with E-state index < -0.39 is 0 Å². The number of hydrogen-bond acceptors (Lipinski definition) is 0. The van der Waals surface area contributed by atoms with Crippen molar-refractivity contribution in [2.45, 2.75) is 69.3 Å². The summed E-state index contributed by atoms with van der Waals surface area (Å²) in [5.74, 6) is 3.51. The lowest BCUT2D eigenvalue weighted by Crippen LogP contribution is -2.54. The summed E-state index contributed by atoms with van der Waals surface area (Å²) < 4.78 is 0. The van der Waals surface area contributed by atoms with E-state index in [2.05, 4.69) is 0 Å². The lowest BCUT2D eigenvalue weighted by molar-refractivity contribution is 0.0968. The van der Waals surface area contributed by atoms with Crippen LogP contribution >= 0.6 is 0 Å². The first kappa shape index (κ1) is 9.13. The maximum absolute atomic E-state index is 1.63. The summed E-state index contributed by atoms with van der Waals surface area (Å²) in [5.41, 5.74) is 0. The van der Waals surface area contributed by atoms with Crippen LogP contribution in [0.25, 0.3) is 0 Å². The lowest BCUT2D eigenvalue weighted by Gasteiger charge is -2.61. The van der Waals surface area contributed by atoms with Gasteiger partial charge in [0.25, 0.3) is 0 Å². The molecule has 2 aliphatic carbocycles. The van der Waals surface area contributed by atoms with E-state index in [0.29, 0.717) is 0 Å². The molecule has 0 nitrogen and oxygen atoms in total. The third kappa shape index (κ3) is 1.16. The minimum atomic E-state index is 0.881. The normalized spacial score (nSPS) is 46.4. The molecule has 15 heavy (non-hydrogen) atoms. The maximum Gasteiger partial charge on any atom is 0.147 e. The highest BCUT2D eigenvalue weighted by Gasteiger charge is 2.57. The van der Waals surface area contributed by atoms with E-state index in [4.69, 9.17) is 0 Å². The highest BCUT2D eigenvalue weighted by Crippen LogP contribution is 2.67. The van der Waals surface area contributed by atoms with Crippen LogP contribution < -0.4 is 0 Å². The van der Waals surface area contributed by atoms with E-state index in [1.807, 2.05) is 0 Å². The molecule has 2 saturated carbocycles. The van der Waals surface area contributed by atoms with Crippen molar-refractivity contribution in [3.63, 3.8) is 0 Å². The molecule has 1 unspecified atom stereocenters. The van der Waals surface area contributed by atoms with E-state index in [0.717, 1.165) is 5.31 Å². The predicted octanol–water partition coefficient (Wildman–Crippen LogP) is 4.25. The molecule has 0 aromatic rings. The molecular weight excluding hydrogens is 179 g/mol. The summed E-state index contributed by atoms with van der Waals surface area (Å²) in [4.78, 5) is 0. The van der Waals surface area contributed by atoms with Crippen LogP contribution in [0.15, 0.2) is 0 Å². The standard InChI is InChI=1S/C14H23B/c1-2-4-14(5-3-1)13-7-11-6-12(8-13)10-15(14)9-11/h11-13H,1-10H2/t11-,12+,13?. The number of hydrogen-bond donors (Lipinski definition) is 0. The second kappa shape index (κ2) is 3.05. The van der Waals surface area contributed by atoms with Gasteiger partial charge in [0.1, 0.15) is 6.71 Å². The Morgan fingerprint density at radius 3 is 2.07 bits per heavy atom. The average Bonchev–Trinajstić information content (AvgIpc) is 2.26. The molecule has 5 fully saturated rings. The number of rotatable bonds is 0. The third-order valence-corrected chi connectivity index (χ3v) is 6.55. The second-order valence-corrected chi connectivity index (χ2v) is 7.10. The summed E-state index contributed by atoms with van der Waals surface area (Å²) in [7, 11) is 0. The SMILES string of the molecule is C1CCC2(CC1)B1C[C@@H]3CC2C[C@H](C1)C3. The Balaban J connectivity index is 1.69. The van der Waals surface area contributed by atoms with Crippen LogP contribution in [0.3, 0.4) is 0 Å². The molecule has 4 bridgehead atoms. The fourth-order valence-electron chi connectivity index (χ4n) is 6.15. The molecule has 0 N–H and O–H groups in total. The molecule has 5 rings (SSSR count). The van der Waals surface area contributed by atoms with Gasteiger partial charge < -0.3 is 0 Å². The Labute approximate surface area is 94.3 Å². The van der Waals surface area contributed by atoms with Crippen molar-refractivity contribution in [1.29, 1.82) is 0 Å². The van der Waals surface area contributed by atoms with E-state index >= 15 is 0 Å². The van der Waals surface area contributed by atoms with Crippen molar-refractivity contribution in [1.82, 2.24) is 0 Å². The molecule has 0 radical (unpaired) electrons. The first-order valence-electron chi connectivity index (χ1n) is 7.37. The summed E-state index contributed by atoms with van der Waals surface area (Å²) in [6.45, 7) is 1.18. The van der Waals surface area contributed by atoms with Crippen molar-refractivity contribution in [3.05, 3.63) is 0 Å². The molecule has 0 amide bonds. The smallest absolute Gasteiger partial charge is 0.0708 e. The summed E-state index contributed by atoms with van der Waals surface area (Å²) in [6.07, 6.45) is 16.0. The first-order chi connectivity index (χ1) is 7.37. The van der Waals surface area contributed by atoms with Gasteiger partial charge in [-0.05, 0) is 42.3 Å². The lowest BCUT2D eigenvalue weighted by atomic mass is 9.16. The van der Waals surface area contributed by atoms with E-state index in [1.165, 1.54) is 30.9 Å². The topological polar surface area (TPSA) is 0 Å². The van der Waals surface area contributed by atoms with E-state index in [1.54, 1.807) is 57.6 Å². The quantitative estimate of drug-likeness (QED) is 0.515. The van der Waals surface area contributed by atoms with Crippen molar-refractivity contribution >= 4 is 6.71 Å². The van der Waals surface area contributed by atoms with Gasteiger partial charge in [-0.1, -0.05) is 44.7 Å². The Morgan fingerprint density at radius 2 is 1.47 bits per heavy atom. The van der Waals surface area contributed by atoms with Gasteiger partial charge in [0.2, 0.25) is 0 Å². The average molecular weight is 202 g/mol. The summed E-state index contributed by atoms with van der Waals surface area (Å²) in [5, 5.41) is 0.881. The van der Waals surface area contributed by atoms with Crippen molar-refractivity contribution in [3.8, 4) is 0 Å². The monoisotopic (exact) mass is 202 g/mol. The van der Waals surface area contributed by atoms with Gasteiger partial charge in [-0.15, -0.1) is 0 Å².